The van der Waals surface area contributed by atoms with Gasteiger partial charge in [-0.3, -0.25) is 14.5 Å². The summed E-state index contributed by atoms with van der Waals surface area (Å²) in [6, 6.07) is 16.3. The summed E-state index contributed by atoms with van der Waals surface area (Å²) in [4.78, 5) is 30.9. The Morgan fingerprint density at radius 3 is 2.39 bits per heavy atom. The SMILES string of the molecule is Cc1cccc(CN2CCN(CCC(=O)Nc3ccc(N4CCCC4=O)cc3)CC2)c1. The van der Waals surface area contributed by atoms with Crippen molar-refractivity contribution in [1.29, 1.82) is 0 Å². The number of hydrogen-bond donors (Lipinski definition) is 1. The van der Waals surface area contributed by atoms with E-state index in [0.717, 1.165) is 63.6 Å². The first-order valence-corrected chi connectivity index (χ1v) is 11.3. The van der Waals surface area contributed by atoms with Crippen LogP contribution in [0, 0.1) is 6.92 Å². The average Bonchev–Trinajstić information content (AvgIpc) is 3.20. The molecule has 2 heterocycles. The van der Waals surface area contributed by atoms with Crippen LogP contribution in [0.4, 0.5) is 11.4 Å². The minimum atomic E-state index is 0.0344. The van der Waals surface area contributed by atoms with Crippen molar-refractivity contribution < 1.29 is 9.59 Å². The third-order valence-corrected chi connectivity index (χ3v) is 6.14. The molecule has 6 nitrogen and oxygen atoms in total. The quantitative estimate of drug-likeness (QED) is 0.747. The molecule has 0 aliphatic carbocycles. The first-order chi connectivity index (χ1) is 15.1. The highest BCUT2D eigenvalue weighted by molar-refractivity contribution is 5.96. The van der Waals surface area contributed by atoms with E-state index in [-0.39, 0.29) is 11.8 Å². The topological polar surface area (TPSA) is 55.9 Å². The maximum Gasteiger partial charge on any atom is 0.227 e. The Hall–Kier alpha value is -2.70. The van der Waals surface area contributed by atoms with Crippen LogP contribution in [0.3, 0.4) is 0 Å². The molecule has 2 saturated heterocycles. The van der Waals surface area contributed by atoms with E-state index in [1.807, 2.05) is 29.2 Å². The molecular formula is C25H32N4O2. The second kappa shape index (κ2) is 10.1. The third-order valence-electron chi connectivity index (χ3n) is 6.14. The highest BCUT2D eigenvalue weighted by Crippen LogP contribution is 2.23. The van der Waals surface area contributed by atoms with Gasteiger partial charge in [0.1, 0.15) is 0 Å². The molecule has 1 N–H and O–H groups in total. The maximum absolute atomic E-state index is 12.4. The number of hydrogen-bond acceptors (Lipinski definition) is 4. The first-order valence-electron chi connectivity index (χ1n) is 11.3. The van der Waals surface area contributed by atoms with Crippen LogP contribution >= 0.6 is 0 Å². The van der Waals surface area contributed by atoms with Crippen molar-refractivity contribution in [1.82, 2.24) is 9.80 Å². The lowest BCUT2D eigenvalue weighted by Crippen LogP contribution is -2.46. The van der Waals surface area contributed by atoms with E-state index in [1.54, 1.807) is 0 Å². The summed E-state index contributed by atoms with van der Waals surface area (Å²) >= 11 is 0. The van der Waals surface area contributed by atoms with Gasteiger partial charge in [-0.1, -0.05) is 29.8 Å². The van der Waals surface area contributed by atoms with E-state index in [2.05, 4.69) is 46.3 Å². The third kappa shape index (κ3) is 5.93. The van der Waals surface area contributed by atoms with Gasteiger partial charge in [-0.05, 0) is 43.2 Å². The molecule has 0 saturated carbocycles. The lowest BCUT2D eigenvalue weighted by Gasteiger charge is -2.34. The average molecular weight is 421 g/mol. The lowest BCUT2D eigenvalue weighted by atomic mass is 10.1. The van der Waals surface area contributed by atoms with Crippen molar-refractivity contribution >= 4 is 23.2 Å². The molecule has 6 heteroatoms. The summed E-state index contributed by atoms with van der Waals surface area (Å²) in [5.74, 6) is 0.211. The lowest BCUT2D eigenvalue weighted by molar-refractivity contribution is -0.117. The molecule has 31 heavy (non-hydrogen) atoms. The maximum atomic E-state index is 12.4. The molecule has 2 fully saturated rings. The Labute approximate surface area is 184 Å². The largest absolute Gasteiger partial charge is 0.326 e. The predicted molar refractivity (Wildman–Crippen MR) is 124 cm³/mol. The van der Waals surface area contributed by atoms with E-state index in [9.17, 15) is 9.59 Å². The number of rotatable bonds is 7. The summed E-state index contributed by atoms with van der Waals surface area (Å²) in [6.07, 6.45) is 2.03. The van der Waals surface area contributed by atoms with Crippen LogP contribution in [0.2, 0.25) is 0 Å². The number of carbonyl (C=O) groups excluding carboxylic acids is 2. The molecule has 0 unspecified atom stereocenters. The molecule has 4 rings (SSSR count). The fourth-order valence-corrected chi connectivity index (χ4v) is 4.37. The van der Waals surface area contributed by atoms with Crippen molar-refractivity contribution in [2.24, 2.45) is 0 Å². The molecule has 2 amide bonds. The molecule has 0 spiro atoms. The Bertz CT molecular complexity index is 904. The van der Waals surface area contributed by atoms with E-state index in [0.29, 0.717) is 12.8 Å². The molecule has 2 aliphatic rings. The fourth-order valence-electron chi connectivity index (χ4n) is 4.37. The molecule has 2 aromatic carbocycles. The van der Waals surface area contributed by atoms with Crippen molar-refractivity contribution in [3.63, 3.8) is 0 Å². The molecule has 0 bridgehead atoms. The summed E-state index contributed by atoms with van der Waals surface area (Å²) < 4.78 is 0. The van der Waals surface area contributed by atoms with Gasteiger partial charge in [-0.2, -0.15) is 0 Å². The number of amides is 2. The molecule has 2 aromatic rings. The molecule has 0 aromatic heterocycles. The second-order valence-electron chi connectivity index (χ2n) is 8.60. The van der Waals surface area contributed by atoms with Crippen LogP contribution < -0.4 is 10.2 Å². The highest BCUT2D eigenvalue weighted by atomic mass is 16.2. The number of benzene rings is 2. The van der Waals surface area contributed by atoms with E-state index in [1.165, 1.54) is 11.1 Å². The van der Waals surface area contributed by atoms with Crippen molar-refractivity contribution in [2.75, 3.05) is 49.5 Å². The molecule has 0 atom stereocenters. The second-order valence-corrected chi connectivity index (χ2v) is 8.60. The Morgan fingerprint density at radius 1 is 0.968 bits per heavy atom. The smallest absolute Gasteiger partial charge is 0.227 e. The van der Waals surface area contributed by atoms with Gasteiger partial charge in [0.15, 0.2) is 0 Å². The Kier molecular flexibility index (Phi) is 6.99. The zero-order chi connectivity index (χ0) is 21.6. The van der Waals surface area contributed by atoms with Gasteiger partial charge in [0.25, 0.3) is 0 Å². The summed E-state index contributed by atoms with van der Waals surface area (Å²) in [6.45, 7) is 8.76. The van der Waals surface area contributed by atoms with Gasteiger partial charge in [0.05, 0.1) is 0 Å². The van der Waals surface area contributed by atoms with Crippen molar-refractivity contribution in [3.8, 4) is 0 Å². The van der Waals surface area contributed by atoms with Gasteiger partial charge >= 0.3 is 0 Å². The normalized spacial score (nSPS) is 17.8. The van der Waals surface area contributed by atoms with Crippen LogP contribution in [-0.2, 0) is 16.1 Å². The Morgan fingerprint density at radius 2 is 1.71 bits per heavy atom. The molecule has 2 aliphatic heterocycles. The number of nitrogens with one attached hydrogen (secondary N) is 1. The number of anilines is 2. The first kappa shape index (κ1) is 21.5. The minimum absolute atomic E-state index is 0.0344. The Balaban J connectivity index is 1.17. The molecular weight excluding hydrogens is 388 g/mol. The highest BCUT2D eigenvalue weighted by Gasteiger charge is 2.21. The van der Waals surface area contributed by atoms with Gasteiger partial charge in [-0.25, -0.2) is 0 Å². The zero-order valence-electron chi connectivity index (χ0n) is 18.3. The molecule has 164 valence electrons. The zero-order valence-corrected chi connectivity index (χ0v) is 18.3. The van der Waals surface area contributed by atoms with Crippen LogP contribution in [0.15, 0.2) is 48.5 Å². The van der Waals surface area contributed by atoms with Crippen LogP contribution in [-0.4, -0.2) is 60.9 Å². The summed E-state index contributed by atoms with van der Waals surface area (Å²) in [7, 11) is 0. The number of piperazine rings is 1. The van der Waals surface area contributed by atoms with Gasteiger partial charge < -0.3 is 15.1 Å². The van der Waals surface area contributed by atoms with Gasteiger partial charge in [0, 0.05) is 70.0 Å². The fraction of sp³-hybridized carbons (Fsp3) is 0.440. The van der Waals surface area contributed by atoms with E-state index < -0.39 is 0 Å². The number of carbonyl (C=O) groups is 2. The van der Waals surface area contributed by atoms with Crippen LogP contribution in [0.5, 0.6) is 0 Å². The van der Waals surface area contributed by atoms with Crippen molar-refractivity contribution in [2.45, 2.75) is 32.7 Å². The number of aryl methyl sites for hydroxylation is 1. The van der Waals surface area contributed by atoms with E-state index >= 15 is 0 Å². The monoisotopic (exact) mass is 420 g/mol. The predicted octanol–water partition coefficient (Wildman–Crippen LogP) is 3.27. The minimum Gasteiger partial charge on any atom is -0.326 e. The molecule has 0 radical (unpaired) electrons. The summed E-state index contributed by atoms with van der Waals surface area (Å²) in [5.41, 5.74) is 4.36. The van der Waals surface area contributed by atoms with E-state index in [4.69, 9.17) is 0 Å². The standard InChI is InChI=1S/C25H32N4O2/c1-20-4-2-5-21(18-20)19-28-16-14-27(15-17-28)13-11-24(30)26-22-7-9-23(10-8-22)29-12-3-6-25(29)31/h2,4-5,7-10,18H,3,6,11-17,19H2,1H3,(H,26,30). The van der Waals surface area contributed by atoms with Gasteiger partial charge in [-0.15, -0.1) is 0 Å². The van der Waals surface area contributed by atoms with Gasteiger partial charge in [0.2, 0.25) is 11.8 Å². The summed E-state index contributed by atoms with van der Waals surface area (Å²) in [5, 5.41) is 2.98. The van der Waals surface area contributed by atoms with Crippen LogP contribution in [0.25, 0.3) is 0 Å². The van der Waals surface area contributed by atoms with Crippen LogP contribution in [0.1, 0.15) is 30.4 Å². The number of nitrogens with zero attached hydrogens (tertiary/aromatic N) is 3. The van der Waals surface area contributed by atoms with Crippen molar-refractivity contribution in [3.05, 3.63) is 59.7 Å².